The number of pyridine rings is 1. The van der Waals surface area contributed by atoms with Crippen molar-refractivity contribution in [2.75, 3.05) is 24.3 Å². The van der Waals surface area contributed by atoms with Crippen LogP contribution in [0.5, 0.6) is 0 Å². The molecule has 0 atom stereocenters. The van der Waals surface area contributed by atoms with Crippen molar-refractivity contribution in [1.82, 2.24) is 24.6 Å². The first-order valence-electron chi connectivity index (χ1n) is 11.0. The second-order valence-electron chi connectivity index (χ2n) is 7.82. The SMILES string of the molecule is CC(C)c1cnn2c(NCc3ccc(-c4ccccc4)nc3)nc(N)nc12.OCCCCO. The molecule has 0 aliphatic carbocycles. The fourth-order valence-corrected chi connectivity index (χ4v) is 3.15. The zero-order chi connectivity index (χ0) is 23.6. The van der Waals surface area contributed by atoms with Crippen LogP contribution < -0.4 is 11.1 Å². The average molecular weight is 450 g/mol. The Morgan fingerprint density at radius 2 is 1.70 bits per heavy atom. The molecule has 0 aliphatic rings. The third kappa shape index (κ3) is 6.47. The highest BCUT2D eigenvalue weighted by Gasteiger charge is 2.14. The van der Waals surface area contributed by atoms with Crippen LogP contribution in [0.25, 0.3) is 16.9 Å². The second kappa shape index (κ2) is 11.9. The predicted octanol–water partition coefficient (Wildman–Crippen LogP) is 3.26. The highest BCUT2D eigenvalue weighted by molar-refractivity contribution is 5.59. The molecule has 0 fully saturated rings. The van der Waals surface area contributed by atoms with E-state index >= 15 is 0 Å². The molecule has 0 saturated heterocycles. The minimum atomic E-state index is 0.195. The quantitative estimate of drug-likeness (QED) is 0.301. The number of aromatic nitrogens is 5. The van der Waals surface area contributed by atoms with E-state index in [4.69, 9.17) is 15.9 Å². The lowest BCUT2D eigenvalue weighted by molar-refractivity contribution is 0.242. The summed E-state index contributed by atoms with van der Waals surface area (Å²) in [7, 11) is 0. The smallest absolute Gasteiger partial charge is 0.229 e. The van der Waals surface area contributed by atoms with Crippen LogP contribution in [0.15, 0.2) is 54.9 Å². The number of nitrogen functional groups attached to an aromatic ring is 1. The number of unbranched alkanes of at least 4 members (excludes halogenated alkanes) is 1. The zero-order valence-corrected chi connectivity index (χ0v) is 19.0. The fraction of sp³-hybridized carbons (Fsp3) is 0.333. The molecule has 0 saturated carbocycles. The first kappa shape index (κ1) is 24.1. The second-order valence-corrected chi connectivity index (χ2v) is 7.82. The Bertz CT molecular complexity index is 1120. The Labute approximate surface area is 193 Å². The summed E-state index contributed by atoms with van der Waals surface area (Å²) in [5, 5.41) is 23.9. The average Bonchev–Trinajstić information content (AvgIpc) is 3.27. The third-order valence-corrected chi connectivity index (χ3v) is 4.95. The molecule has 174 valence electrons. The Morgan fingerprint density at radius 1 is 0.970 bits per heavy atom. The van der Waals surface area contributed by atoms with Crippen LogP contribution in [0.4, 0.5) is 11.9 Å². The maximum absolute atomic E-state index is 8.09. The molecule has 5 N–H and O–H groups in total. The normalized spacial score (nSPS) is 10.8. The van der Waals surface area contributed by atoms with Crippen molar-refractivity contribution >= 4 is 17.5 Å². The third-order valence-electron chi connectivity index (χ3n) is 4.95. The molecule has 0 unspecified atom stereocenters. The number of anilines is 2. The maximum atomic E-state index is 8.09. The maximum Gasteiger partial charge on any atom is 0.229 e. The van der Waals surface area contributed by atoms with Crippen LogP contribution in [-0.4, -0.2) is 48.0 Å². The van der Waals surface area contributed by atoms with Gasteiger partial charge in [0.05, 0.1) is 11.9 Å². The molecule has 1 aromatic carbocycles. The van der Waals surface area contributed by atoms with Crippen molar-refractivity contribution in [3.63, 3.8) is 0 Å². The fourth-order valence-electron chi connectivity index (χ4n) is 3.15. The minimum absolute atomic E-state index is 0.195. The van der Waals surface area contributed by atoms with Crippen LogP contribution in [-0.2, 0) is 6.54 Å². The topological polar surface area (TPSA) is 134 Å². The molecule has 0 aliphatic heterocycles. The van der Waals surface area contributed by atoms with E-state index in [-0.39, 0.29) is 19.2 Å². The number of benzene rings is 1. The van der Waals surface area contributed by atoms with E-state index in [2.05, 4.69) is 39.2 Å². The van der Waals surface area contributed by atoms with Crippen LogP contribution in [0.3, 0.4) is 0 Å². The van der Waals surface area contributed by atoms with Crippen molar-refractivity contribution in [2.24, 2.45) is 0 Å². The molecular formula is C24H31N7O2. The van der Waals surface area contributed by atoms with Gasteiger partial charge in [-0.2, -0.15) is 19.6 Å². The number of hydrogen-bond donors (Lipinski definition) is 4. The summed E-state index contributed by atoms with van der Waals surface area (Å²) in [6.07, 6.45) is 5.11. The molecule has 9 nitrogen and oxygen atoms in total. The van der Waals surface area contributed by atoms with Crippen molar-refractivity contribution in [1.29, 1.82) is 0 Å². The summed E-state index contributed by atoms with van der Waals surface area (Å²) >= 11 is 0. The molecule has 3 heterocycles. The summed E-state index contributed by atoms with van der Waals surface area (Å²) in [6.45, 7) is 5.15. The van der Waals surface area contributed by atoms with E-state index in [0.717, 1.165) is 40.9 Å². The van der Waals surface area contributed by atoms with Gasteiger partial charge in [-0.05, 0) is 30.4 Å². The standard InChI is InChI=1S/C20H21N7.C4H10O2/c1-13(2)16-12-24-27-18(16)25-19(21)26-20(27)23-11-14-8-9-17(22-10-14)15-6-4-3-5-7-15;5-3-1-2-4-6/h3-10,12-13H,11H2,1-2H3,(H3,21,23,25,26);5-6H,1-4H2. The number of aliphatic hydroxyl groups excluding tert-OH is 2. The van der Waals surface area contributed by atoms with Gasteiger partial charge in [-0.1, -0.05) is 50.2 Å². The van der Waals surface area contributed by atoms with Gasteiger partial charge in [0.1, 0.15) is 0 Å². The summed E-state index contributed by atoms with van der Waals surface area (Å²) < 4.78 is 1.69. The highest BCUT2D eigenvalue weighted by Crippen LogP contribution is 2.22. The Kier molecular flexibility index (Phi) is 8.68. The molecule has 4 rings (SSSR count). The van der Waals surface area contributed by atoms with Gasteiger partial charge in [0, 0.05) is 37.1 Å². The van der Waals surface area contributed by atoms with Gasteiger partial charge in [0.15, 0.2) is 5.65 Å². The van der Waals surface area contributed by atoms with E-state index in [1.54, 1.807) is 4.52 Å². The van der Waals surface area contributed by atoms with Gasteiger partial charge in [-0.3, -0.25) is 4.98 Å². The molecule has 0 radical (unpaired) electrons. The van der Waals surface area contributed by atoms with E-state index in [9.17, 15) is 0 Å². The van der Waals surface area contributed by atoms with Gasteiger partial charge >= 0.3 is 0 Å². The summed E-state index contributed by atoms with van der Waals surface area (Å²) in [5.41, 5.74) is 10.7. The van der Waals surface area contributed by atoms with E-state index in [0.29, 0.717) is 18.4 Å². The molecule has 33 heavy (non-hydrogen) atoms. The van der Waals surface area contributed by atoms with Crippen LogP contribution in [0.1, 0.15) is 43.7 Å². The first-order valence-corrected chi connectivity index (χ1v) is 11.0. The van der Waals surface area contributed by atoms with Gasteiger partial charge < -0.3 is 21.3 Å². The van der Waals surface area contributed by atoms with Gasteiger partial charge in [-0.25, -0.2) is 0 Å². The van der Waals surface area contributed by atoms with E-state index in [1.807, 2.05) is 54.9 Å². The van der Waals surface area contributed by atoms with Crippen LogP contribution in [0.2, 0.25) is 0 Å². The van der Waals surface area contributed by atoms with Crippen molar-refractivity contribution in [3.8, 4) is 11.3 Å². The molecule has 0 spiro atoms. The molecule has 0 bridgehead atoms. The van der Waals surface area contributed by atoms with Crippen LogP contribution >= 0.6 is 0 Å². The number of hydrogen-bond acceptors (Lipinski definition) is 8. The Morgan fingerprint density at radius 3 is 2.30 bits per heavy atom. The summed E-state index contributed by atoms with van der Waals surface area (Å²) in [6, 6.07) is 14.2. The van der Waals surface area contributed by atoms with E-state index < -0.39 is 0 Å². The monoisotopic (exact) mass is 449 g/mol. The molecule has 9 heteroatoms. The summed E-state index contributed by atoms with van der Waals surface area (Å²) in [4.78, 5) is 13.2. The molecule has 3 aromatic heterocycles. The number of fused-ring (bicyclic) bond motifs is 1. The van der Waals surface area contributed by atoms with Crippen molar-refractivity contribution in [3.05, 3.63) is 66.0 Å². The first-order chi connectivity index (χ1) is 16.0. The summed E-state index contributed by atoms with van der Waals surface area (Å²) in [5.74, 6) is 1.10. The number of nitrogens with two attached hydrogens (primary N) is 1. The lowest BCUT2D eigenvalue weighted by Crippen LogP contribution is -2.11. The van der Waals surface area contributed by atoms with Crippen LogP contribution in [0, 0.1) is 0 Å². The lowest BCUT2D eigenvalue weighted by Gasteiger charge is -2.09. The van der Waals surface area contributed by atoms with Gasteiger partial charge in [0.25, 0.3) is 0 Å². The van der Waals surface area contributed by atoms with Gasteiger partial charge in [-0.15, -0.1) is 0 Å². The number of nitrogens with one attached hydrogen (secondary N) is 1. The Hall–Kier alpha value is -3.56. The number of rotatable bonds is 8. The largest absolute Gasteiger partial charge is 0.396 e. The number of aliphatic hydroxyl groups is 2. The number of nitrogens with zero attached hydrogens (tertiary/aromatic N) is 5. The lowest BCUT2D eigenvalue weighted by atomic mass is 10.1. The minimum Gasteiger partial charge on any atom is -0.396 e. The van der Waals surface area contributed by atoms with E-state index in [1.165, 1.54) is 0 Å². The van der Waals surface area contributed by atoms with Crippen molar-refractivity contribution < 1.29 is 10.2 Å². The Balaban J connectivity index is 0.000000454. The molecule has 4 aromatic rings. The molecular weight excluding hydrogens is 418 g/mol. The zero-order valence-electron chi connectivity index (χ0n) is 19.0. The predicted molar refractivity (Wildman–Crippen MR) is 130 cm³/mol. The van der Waals surface area contributed by atoms with Crippen molar-refractivity contribution in [2.45, 2.75) is 39.2 Å². The van der Waals surface area contributed by atoms with Gasteiger partial charge in [0.2, 0.25) is 11.9 Å². The highest BCUT2D eigenvalue weighted by atomic mass is 16.3. The molecule has 0 amide bonds.